The van der Waals surface area contributed by atoms with E-state index >= 15 is 0 Å². The molecular weight excluding hydrogens is 242 g/mol. The van der Waals surface area contributed by atoms with E-state index in [0.29, 0.717) is 6.04 Å². The van der Waals surface area contributed by atoms with Gasteiger partial charge in [0.1, 0.15) is 18.0 Å². The first kappa shape index (κ1) is 14.0. The molecule has 19 heavy (non-hydrogen) atoms. The van der Waals surface area contributed by atoms with Gasteiger partial charge >= 0.3 is 0 Å². The Kier molecular flexibility index (Phi) is 5.84. The third-order valence-electron chi connectivity index (χ3n) is 3.19. The van der Waals surface area contributed by atoms with Crippen LogP contribution in [0.1, 0.15) is 19.3 Å². The molecule has 2 rings (SSSR count). The Hall–Kier alpha value is -1.40. The van der Waals surface area contributed by atoms with E-state index in [4.69, 9.17) is 4.74 Å². The molecule has 1 unspecified atom stereocenters. The molecule has 0 radical (unpaired) electrons. The lowest BCUT2D eigenvalue weighted by atomic mass is 10.2. The number of aromatic nitrogens is 2. The smallest absolute Gasteiger partial charge is 0.131 e. The van der Waals surface area contributed by atoms with Crippen molar-refractivity contribution in [3.63, 3.8) is 0 Å². The maximum atomic E-state index is 5.01. The average Bonchev–Trinajstić information content (AvgIpc) is 2.95. The second-order valence-electron chi connectivity index (χ2n) is 4.74. The summed E-state index contributed by atoms with van der Waals surface area (Å²) >= 11 is 0. The van der Waals surface area contributed by atoms with E-state index in [1.165, 1.54) is 12.8 Å². The molecule has 1 aliphatic rings. The molecule has 1 fully saturated rings. The average molecular weight is 265 g/mol. The molecule has 0 bridgehead atoms. The van der Waals surface area contributed by atoms with Crippen LogP contribution in [0.15, 0.2) is 12.4 Å². The van der Waals surface area contributed by atoms with Gasteiger partial charge in [-0.1, -0.05) is 0 Å². The van der Waals surface area contributed by atoms with E-state index in [-0.39, 0.29) is 0 Å². The summed E-state index contributed by atoms with van der Waals surface area (Å²) in [6.45, 7) is 3.66. The minimum Gasteiger partial charge on any atom is -0.385 e. The first-order valence-corrected chi connectivity index (χ1v) is 6.90. The van der Waals surface area contributed by atoms with Crippen LogP contribution >= 0.6 is 0 Å². The van der Waals surface area contributed by atoms with E-state index < -0.39 is 0 Å². The van der Waals surface area contributed by atoms with Crippen molar-refractivity contribution in [3.05, 3.63) is 12.4 Å². The summed E-state index contributed by atoms with van der Waals surface area (Å²) in [7, 11) is 1.71. The summed E-state index contributed by atoms with van der Waals surface area (Å²) in [5, 5.41) is 10.1. The number of ether oxygens (including phenoxy) is 1. The fourth-order valence-corrected chi connectivity index (χ4v) is 2.14. The zero-order valence-electron chi connectivity index (χ0n) is 11.5. The highest BCUT2D eigenvalue weighted by atomic mass is 16.5. The fourth-order valence-electron chi connectivity index (χ4n) is 2.14. The summed E-state index contributed by atoms with van der Waals surface area (Å²) in [5.74, 6) is 1.73. The van der Waals surface area contributed by atoms with Gasteiger partial charge in [-0.25, -0.2) is 9.97 Å². The van der Waals surface area contributed by atoms with Crippen LogP contribution in [0.5, 0.6) is 0 Å². The van der Waals surface area contributed by atoms with E-state index in [2.05, 4.69) is 25.9 Å². The van der Waals surface area contributed by atoms with Gasteiger partial charge in [-0.15, -0.1) is 0 Å². The highest BCUT2D eigenvalue weighted by Crippen LogP contribution is 2.10. The zero-order chi connectivity index (χ0) is 13.3. The Morgan fingerprint density at radius 2 is 2.21 bits per heavy atom. The zero-order valence-corrected chi connectivity index (χ0v) is 11.5. The largest absolute Gasteiger partial charge is 0.385 e. The Labute approximate surface area is 114 Å². The summed E-state index contributed by atoms with van der Waals surface area (Å²) in [4.78, 5) is 8.43. The van der Waals surface area contributed by atoms with Crippen LogP contribution in [-0.2, 0) is 4.74 Å². The molecule has 0 saturated carbocycles. The molecule has 1 aliphatic heterocycles. The molecule has 1 aromatic rings. The number of nitrogens with zero attached hydrogens (tertiary/aromatic N) is 2. The van der Waals surface area contributed by atoms with E-state index in [1.54, 1.807) is 13.4 Å². The highest BCUT2D eigenvalue weighted by molar-refractivity contribution is 5.46. The number of methoxy groups -OCH3 is 1. The van der Waals surface area contributed by atoms with Crippen molar-refractivity contribution in [1.82, 2.24) is 15.3 Å². The lowest BCUT2D eigenvalue weighted by Gasteiger charge is -2.12. The van der Waals surface area contributed by atoms with Gasteiger partial charge in [0, 0.05) is 38.9 Å². The van der Waals surface area contributed by atoms with E-state index in [9.17, 15) is 0 Å². The van der Waals surface area contributed by atoms with E-state index in [1.807, 2.05) is 6.07 Å². The monoisotopic (exact) mass is 265 g/mol. The number of rotatable bonds is 8. The summed E-state index contributed by atoms with van der Waals surface area (Å²) < 4.78 is 5.01. The molecular formula is C13H23N5O. The third-order valence-corrected chi connectivity index (χ3v) is 3.19. The third kappa shape index (κ3) is 5.00. The standard InChI is InChI=1S/C13H23N5O/c1-19-7-3-6-15-12-8-13(18-10-17-12)16-9-11-4-2-5-14-11/h8,10-11,14H,2-7,9H2,1H3,(H2,15,16,17,18). The van der Waals surface area contributed by atoms with Crippen LogP contribution in [0.4, 0.5) is 11.6 Å². The summed E-state index contributed by atoms with van der Waals surface area (Å²) in [6.07, 6.45) is 5.06. The second-order valence-corrected chi connectivity index (χ2v) is 4.74. The molecule has 0 spiro atoms. The molecule has 0 aliphatic carbocycles. The molecule has 1 atom stereocenters. The Bertz CT molecular complexity index is 368. The van der Waals surface area contributed by atoms with Gasteiger partial charge in [0.2, 0.25) is 0 Å². The van der Waals surface area contributed by atoms with Gasteiger partial charge in [-0.05, 0) is 25.8 Å². The van der Waals surface area contributed by atoms with Gasteiger partial charge in [0.15, 0.2) is 0 Å². The predicted molar refractivity (Wildman–Crippen MR) is 76.5 cm³/mol. The van der Waals surface area contributed by atoms with Gasteiger partial charge in [-0.3, -0.25) is 0 Å². The Morgan fingerprint density at radius 3 is 2.95 bits per heavy atom. The molecule has 106 valence electrons. The van der Waals surface area contributed by atoms with E-state index in [0.717, 1.165) is 44.3 Å². The van der Waals surface area contributed by atoms with Crippen molar-refractivity contribution in [2.75, 3.05) is 44.0 Å². The summed E-state index contributed by atoms with van der Waals surface area (Å²) in [5.41, 5.74) is 0. The number of nitrogens with one attached hydrogen (secondary N) is 3. The minimum absolute atomic E-state index is 0.563. The SMILES string of the molecule is COCCCNc1cc(NCC2CCCN2)ncn1. The lowest BCUT2D eigenvalue weighted by molar-refractivity contribution is 0.198. The molecule has 1 aromatic heterocycles. The van der Waals surface area contributed by atoms with Crippen molar-refractivity contribution in [2.24, 2.45) is 0 Å². The molecule has 6 heteroatoms. The Morgan fingerprint density at radius 1 is 1.37 bits per heavy atom. The van der Waals surface area contributed by atoms with Crippen molar-refractivity contribution < 1.29 is 4.74 Å². The van der Waals surface area contributed by atoms with Crippen LogP contribution < -0.4 is 16.0 Å². The number of hydrogen-bond acceptors (Lipinski definition) is 6. The first-order chi connectivity index (χ1) is 9.38. The van der Waals surface area contributed by atoms with Crippen LogP contribution in [0.2, 0.25) is 0 Å². The molecule has 2 heterocycles. The van der Waals surface area contributed by atoms with Gasteiger partial charge in [0.25, 0.3) is 0 Å². The van der Waals surface area contributed by atoms with Crippen molar-refractivity contribution in [1.29, 1.82) is 0 Å². The second kappa shape index (κ2) is 7.91. The number of hydrogen-bond donors (Lipinski definition) is 3. The molecule has 0 aromatic carbocycles. The Balaban J connectivity index is 1.74. The van der Waals surface area contributed by atoms with Gasteiger partial charge < -0.3 is 20.7 Å². The first-order valence-electron chi connectivity index (χ1n) is 6.90. The van der Waals surface area contributed by atoms with Crippen molar-refractivity contribution in [2.45, 2.75) is 25.3 Å². The normalized spacial score (nSPS) is 18.5. The minimum atomic E-state index is 0.563. The van der Waals surface area contributed by atoms with Crippen LogP contribution in [0.3, 0.4) is 0 Å². The summed E-state index contributed by atoms with van der Waals surface area (Å²) in [6, 6.07) is 2.51. The maximum absolute atomic E-state index is 5.01. The topological polar surface area (TPSA) is 71.1 Å². The van der Waals surface area contributed by atoms with Gasteiger partial charge in [0.05, 0.1) is 0 Å². The molecule has 1 saturated heterocycles. The maximum Gasteiger partial charge on any atom is 0.131 e. The molecule has 3 N–H and O–H groups in total. The fraction of sp³-hybridized carbons (Fsp3) is 0.692. The van der Waals surface area contributed by atoms with Crippen molar-refractivity contribution >= 4 is 11.6 Å². The van der Waals surface area contributed by atoms with Crippen molar-refractivity contribution in [3.8, 4) is 0 Å². The lowest BCUT2D eigenvalue weighted by Crippen LogP contribution is -2.29. The number of anilines is 2. The highest BCUT2D eigenvalue weighted by Gasteiger charge is 2.13. The predicted octanol–water partition coefficient (Wildman–Crippen LogP) is 1.09. The van der Waals surface area contributed by atoms with Crippen LogP contribution in [0, 0.1) is 0 Å². The molecule has 0 amide bonds. The quantitative estimate of drug-likeness (QED) is 0.611. The van der Waals surface area contributed by atoms with Crippen LogP contribution in [0.25, 0.3) is 0 Å². The molecule has 6 nitrogen and oxygen atoms in total. The van der Waals surface area contributed by atoms with Gasteiger partial charge in [-0.2, -0.15) is 0 Å². The van der Waals surface area contributed by atoms with Crippen LogP contribution in [-0.4, -0.2) is 49.4 Å².